The summed E-state index contributed by atoms with van der Waals surface area (Å²) in [4.78, 5) is 24.2. The average Bonchev–Trinajstić information content (AvgIpc) is 2.97. The Hall–Kier alpha value is -2.73. The van der Waals surface area contributed by atoms with E-state index in [-0.39, 0.29) is 24.6 Å². The maximum Gasteiger partial charge on any atom is 0.312 e. The van der Waals surface area contributed by atoms with Gasteiger partial charge in [-0.2, -0.15) is 10.4 Å². The molecule has 1 aliphatic rings. The van der Waals surface area contributed by atoms with E-state index in [1.165, 1.54) is 27.3 Å². The Morgan fingerprint density at radius 2 is 2.11 bits per heavy atom. The van der Waals surface area contributed by atoms with Crippen LogP contribution in [0.25, 0.3) is 0 Å². The van der Waals surface area contributed by atoms with Crippen molar-refractivity contribution in [2.24, 2.45) is 0 Å². The highest BCUT2D eigenvalue weighted by atomic mass is 32.1. The Balaban J connectivity index is 1.70. The van der Waals surface area contributed by atoms with Crippen LogP contribution in [0.1, 0.15) is 53.1 Å². The van der Waals surface area contributed by atoms with Crippen LogP contribution in [-0.4, -0.2) is 20.6 Å². The van der Waals surface area contributed by atoms with E-state index >= 15 is 0 Å². The fourth-order valence-corrected chi connectivity index (χ4v) is 4.77. The number of hydrogen-bond acceptors (Lipinski definition) is 6. The van der Waals surface area contributed by atoms with Crippen LogP contribution in [0.15, 0.2) is 0 Å². The smallest absolute Gasteiger partial charge is 0.312 e. The molecule has 0 saturated heterocycles. The largest absolute Gasteiger partial charge is 0.317 e. The standard InChI is InChI=1S/C18H21N5O3S/c1-11-17(23(25)26)12(2)22(21-11)9-8-16(24)20-18-14(10-19)13-6-4-3-5-7-15(13)27-18/h3-9H2,1-2H3,(H,20,24). The summed E-state index contributed by atoms with van der Waals surface area (Å²) in [6.45, 7) is 3.46. The highest BCUT2D eigenvalue weighted by Gasteiger charge is 2.23. The van der Waals surface area contributed by atoms with Gasteiger partial charge < -0.3 is 5.32 Å². The first-order chi connectivity index (χ1) is 12.9. The quantitative estimate of drug-likeness (QED) is 0.478. The molecule has 2 aromatic rings. The maximum atomic E-state index is 12.4. The number of nitriles is 1. The van der Waals surface area contributed by atoms with Crippen LogP contribution in [0.2, 0.25) is 0 Å². The maximum absolute atomic E-state index is 12.4. The van der Waals surface area contributed by atoms with Gasteiger partial charge in [0.2, 0.25) is 5.91 Å². The van der Waals surface area contributed by atoms with Crippen molar-refractivity contribution in [3.05, 3.63) is 37.5 Å². The zero-order valence-electron chi connectivity index (χ0n) is 15.4. The van der Waals surface area contributed by atoms with Crippen LogP contribution in [-0.2, 0) is 24.2 Å². The molecule has 27 heavy (non-hydrogen) atoms. The van der Waals surface area contributed by atoms with Crippen LogP contribution in [0.5, 0.6) is 0 Å². The van der Waals surface area contributed by atoms with Crippen molar-refractivity contribution in [1.82, 2.24) is 9.78 Å². The van der Waals surface area contributed by atoms with Gasteiger partial charge in [0, 0.05) is 11.3 Å². The van der Waals surface area contributed by atoms with Gasteiger partial charge in [-0.15, -0.1) is 11.3 Å². The molecule has 1 N–H and O–H groups in total. The molecule has 1 aliphatic carbocycles. The van der Waals surface area contributed by atoms with E-state index in [4.69, 9.17) is 0 Å². The Morgan fingerprint density at radius 1 is 1.37 bits per heavy atom. The Labute approximate surface area is 161 Å². The normalized spacial score (nSPS) is 13.5. The Morgan fingerprint density at radius 3 is 2.78 bits per heavy atom. The molecule has 3 rings (SSSR count). The van der Waals surface area contributed by atoms with Crippen LogP contribution < -0.4 is 5.32 Å². The third-order valence-electron chi connectivity index (χ3n) is 4.86. The number of carbonyl (C=O) groups is 1. The molecule has 0 radical (unpaired) electrons. The van der Waals surface area contributed by atoms with Crippen molar-refractivity contribution < 1.29 is 9.72 Å². The van der Waals surface area contributed by atoms with Gasteiger partial charge in [-0.1, -0.05) is 6.42 Å². The number of fused-ring (bicyclic) bond motifs is 1. The van der Waals surface area contributed by atoms with Gasteiger partial charge in [0.05, 0.1) is 17.0 Å². The van der Waals surface area contributed by atoms with E-state index in [0.717, 1.165) is 31.2 Å². The Kier molecular flexibility index (Phi) is 5.56. The molecule has 1 amide bonds. The first-order valence-corrected chi connectivity index (χ1v) is 9.77. The molecule has 0 atom stereocenters. The van der Waals surface area contributed by atoms with Gasteiger partial charge >= 0.3 is 5.69 Å². The number of thiophene rings is 1. The molecule has 0 unspecified atom stereocenters. The molecule has 0 aromatic carbocycles. The van der Waals surface area contributed by atoms with Crippen molar-refractivity contribution >= 4 is 27.9 Å². The van der Waals surface area contributed by atoms with E-state index in [0.29, 0.717) is 22.0 Å². The summed E-state index contributed by atoms with van der Waals surface area (Å²) in [5.74, 6) is -0.224. The minimum absolute atomic E-state index is 0.0100. The predicted molar refractivity (Wildman–Crippen MR) is 102 cm³/mol. The molecular formula is C18H21N5O3S. The second-order valence-corrected chi connectivity index (χ2v) is 7.78. The number of amides is 1. The molecule has 2 aromatic heterocycles. The summed E-state index contributed by atoms with van der Waals surface area (Å²) in [7, 11) is 0. The number of rotatable bonds is 5. The fraction of sp³-hybridized carbons (Fsp3) is 0.500. The topological polar surface area (TPSA) is 114 Å². The molecule has 0 fully saturated rings. The summed E-state index contributed by atoms with van der Waals surface area (Å²) in [6, 6.07) is 2.25. The van der Waals surface area contributed by atoms with Crippen molar-refractivity contribution in [3.8, 4) is 6.07 Å². The number of carbonyl (C=O) groups excluding carboxylic acids is 1. The number of hydrogen-bond donors (Lipinski definition) is 1. The monoisotopic (exact) mass is 387 g/mol. The van der Waals surface area contributed by atoms with E-state index in [9.17, 15) is 20.2 Å². The van der Waals surface area contributed by atoms with Gasteiger partial charge in [-0.25, -0.2) is 0 Å². The van der Waals surface area contributed by atoms with Gasteiger partial charge in [-0.05, 0) is 45.1 Å². The number of nitrogens with zero attached hydrogens (tertiary/aromatic N) is 4. The summed E-state index contributed by atoms with van der Waals surface area (Å²) in [5, 5.41) is 28.2. The molecule has 2 heterocycles. The first-order valence-electron chi connectivity index (χ1n) is 8.95. The van der Waals surface area contributed by atoms with Gasteiger partial charge in [-0.3, -0.25) is 19.6 Å². The summed E-state index contributed by atoms with van der Waals surface area (Å²) < 4.78 is 1.49. The van der Waals surface area contributed by atoms with Gasteiger partial charge in [0.25, 0.3) is 0 Å². The molecule has 8 nitrogen and oxygen atoms in total. The van der Waals surface area contributed by atoms with Crippen LogP contribution in [0.3, 0.4) is 0 Å². The zero-order chi connectivity index (χ0) is 19.6. The van der Waals surface area contributed by atoms with Crippen molar-refractivity contribution in [2.75, 3.05) is 5.32 Å². The van der Waals surface area contributed by atoms with E-state index < -0.39 is 4.92 Å². The molecule has 0 spiro atoms. The number of nitro groups is 1. The highest BCUT2D eigenvalue weighted by Crippen LogP contribution is 2.37. The second-order valence-electron chi connectivity index (χ2n) is 6.68. The molecule has 142 valence electrons. The molecule has 0 saturated carbocycles. The van der Waals surface area contributed by atoms with Crippen LogP contribution >= 0.6 is 11.3 Å². The highest BCUT2D eigenvalue weighted by molar-refractivity contribution is 7.16. The van der Waals surface area contributed by atoms with Crippen LogP contribution in [0, 0.1) is 35.3 Å². The molecular weight excluding hydrogens is 366 g/mol. The lowest BCUT2D eigenvalue weighted by atomic mass is 10.1. The van der Waals surface area contributed by atoms with E-state index in [1.54, 1.807) is 13.8 Å². The van der Waals surface area contributed by atoms with Crippen LogP contribution in [0.4, 0.5) is 10.7 Å². The average molecular weight is 387 g/mol. The second kappa shape index (κ2) is 7.88. The lowest BCUT2D eigenvalue weighted by Gasteiger charge is -2.05. The number of aryl methyl sites for hydroxylation is 3. The zero-order valence-corrected chi connectivity index (χ0v) is 16.2. The summed E-state index contributed by atoms with van der Waals surface area (Å²) in [6.07, 6.45) is 5.33. The minimum atomic E-state index is -0.452. The fourth-order valence-electron chi connectivity index (χ4n) is 3.51. The van der Waals surface area contributed by atoms with Crippen molar-refractivity contribution in [2.45, 2.75) is 58.9 Å². The SMILES string of the molecule is Cc1nn(CCC(=O)Nc2sc3c(c2C#N)CCCCC3)c(C)c1[N+](=O)[O-]. The van der Waals surface area contributed by atoms with E-state index in [2.05, 4.69) is 16.5 Å². The lowest BCUT2D eigenvalue weighted by Crippen LogP contribution is -2.15. The number of anilines is 1. The molecule has 0 aliphatic heterocycles. The van der Waals surface area contributed by atoms with E-state index in [1.807, 2.05) is 0 Å². The molecule has 9 heteroatoms. The summed E-state index contributed by atoms with van der Waals surface area (Å²) in [5.41, 5.74) is 2.44. The first kappa shape index (κ1) is 19.0. The Bertz CT molecular complexity index is 938. The third-order valence-corrected chi connectivity index (χ3v) is 6.07. The molecule has 0 bridgehead atoms. The number of aromatic nitrogens is 2. The minimum Gasteiger partial charge on any atom is -0.317 e. The van der Waals surface area contributed by atoms with Crippen molar-refractivity contribution in [1.29, 1.82) is 5.26 Å². The predicted octanol–water partition coefficient (Wildman–Crippen LogP) is 3.64. The third kappa shape index (κ3) is 3.85. The van der Waals surface area contributed by atoms with Gasteiger partial charge in [0.1, 0.15) is 22.5 Å². The van der Waals surface area contributed by atoms with Crippen molar-refractivity contribution in [3.63, 3.8) is 0 Å². The number of nitrogens with one attached hydrogen (secondary N) is 1. The lowest BCUT2D eigenvalue weighted by molar-refractivity contribution is -0.386. The van der Waals surface area contributed by atoms with Gasteiger partial charge in [0.15, 0.2) is 0 Å². The summed E-state index contributed by atoms with van der Waals surface area (Å²) >= 11 is 1.50.